The normalized spacial score (nSPS) is 11.0. The highest BCUT2D eigenvalue weighted by Crippen LogP contribution is 2.31. The molecule has 3 aromatic rings. The van der Waals surface area contributed by atoms with Crippen molar-refractivity contribution in [2.75, 3.05) is 0 Å². The number of hydrogen-bond acceptors (Lipinski definition) is 3. The van der Waals surface area contributed by atoms with E-state index in [2.05, 4.69) is 43.6 Å². The van der Waals surface area contributed by atoms with E-state index in [0.29, 0.717) is 16.7 Å². The van der Waals surface area contributed by atoms with Gasteiger partial charge in [0.05, 0.1) is 5.39 Å². The molecule has 22 heavy (non-hydrogen) atoms. The molecule has 2 heterocycles. The van der Waals surface area contributed by atoms with E-state index in [1.807, 2.05) is 5.38 Å². The lowest BCUT2D eigenvalue weighted by Crippen LogP contribution is -2.21. The van der Waals surface area contributed by atoms with Crippen molar-refractivity contribution in [3.8, 4) is 11.1 Å². The van der Waals surface area contributed by atoms with Crippen LogP contribution in [0.15, 0.2) is 41.0 Å². The van der Waals surface area contributed by atoms with Crippen LogP contribution in [0.1, 0.15) is 11.1 Å². The fourth-order valence-corrected chi connectivity index (χ4v) is 3.75. The van der Waals surface area contributed by atoms with Crippen molar-refractivity contribution >= 4 is 33.8 Å². The zero-order valence-corrected chi connectivity index (χ0v) is 14.1. The third kappa shape index (κ3) is 2.36. The summed E-state index contributed by atoms with van der Waals surface area (Å²) in [5.74, 6) is 0. The molecule has 1 N–H and O–H groups in total. The second kappa shape index (κ2) is 5.66. The SMILES string of the molecule is C=CCn1c(=S)[nH]c2scc(-c3ccc(C)c(C)c3)c2c1=O. The van der Waals surface area contributed by atoms with E-state index in [1.54, 1.807) is 10.6 Å². The molecule has 0 aliphatic carbocycles. The predicted octanol–water partition coefficient (Wildman–Crippen LogP) is 4.59. The maximum Gasteiger partial charge on any atom is 0.263 e. The fourth-order valence-electron chi connectivity index (χ4n) is 2.47. The number of aromatic nitrogens is 2. The van der Waals surface area contributed by atoms with Crippen LogP contribution in [0.3, 0.4) is 0 Å². The van der Waals surface area contributed by atoms with Gasteiger partial charge < -0.3 is 4.98 Å². The lowest BCUT2D eigenvalue weighted by Gasteiger charge is -2.06. The number of nitrogens with one attached hydrogen (secondary N) is 1. The molecule has 3 rings (SSSR count). The summed E-state index contributed by atoms with van der Waals surface area (Å²) in [6.07, 6.45) is 1.68. The Hall–Kier alpha value is -1.98. The average Bonchev–Trinajstić information content (AvgIpc) is 2.90. The third-order valence-electron chi connectivity index (χ3n) is 3.85. The standard InChI is InChI=1S/C17H16N2OS2/c1-4-7-19-16(20)14-13(9-22-15(14)18-17(19)21)12-6-5-10(2)11(3)8-12/h4-6,8-9H,1,7H2,2-3H3,(H,18,21). The molecular weight excluding hydrogens is 312 g/mol. The van der Waals surface area contributed by atoms with Crippen molar-refractivity contribution in [1.29, 1.82) is 0 Å². The maximum atomic E-state index is 12.8. The first-order valence-electron chi connectivity index (χ1n) is 6.95. The topological polar surface area (TPSA) is 37.8 Å². The summed E-state index contributed by atoms with van der Waals surface area (Å²) in [4.78, 5) is 16.8. The Bertz CT molecular complexity index is 992. The van der Waals surface area contributed by atoms with Crippen molar-refractivity contribution in [3.63, 3.8) is 0 Å². The summed E-state index contributed by atoms with van der Waals surface area (Å²) in [6.45, 7) is 8.26. The van der Waals surface area contributed by atoms with Gasteiger partial charge in [-0.3, -0.25) is 9.36 Å². The smallest absolute Gasteiger partial charge is 0.263 e. The van der Waals surface area contributed by atoms with Crippen molar-refractivity contribution in [1.82, 2.24) is 9.55 Å². The Morgan fingerprint density at radius 1 is 1.36 bits per heavy atom. The van der Waals surface area contributed by atoms with Gasteiger partial charge in [0.25, 0.3) is 5.56 Å². The van der Waals surface area contributed by atoms with E-state index < -0.39 is 0 Å². The van der Waals surface area contributed by atoms with Crippen LogP contribution in [0, 0.1) is 18.6 Å². The largest absolute Gasteiger partial charge is 0.323 e. The highest BCUT2D eigenvalue weighted by atomic mass is 32.1. The zero-order valence-electron chi connectivity index (χ0n) is 12.5. The first-order valence-corrected chi connectivity index (χ1v) is 8.24. The maximum absolute atomic E-state index is 12.8. The summed E-state index contributed by atoms with van der Waals surface area (Å²) in [7, 11) is 0. The van der Waals surface area contributed by atoms with Gasteiger partial charge in [-0.15, -0.1) is 17.9 Å². The Kier molecular flexibility index (Phi) is 3.85. The zero-order chi connectivity index (χ0) is 15.9. The van der Waals surface area contributed by atoms with Crippen LogP contribution >= 0.6 is 23.6 Å². The van der Waals surface area contributed by atoms with Crippen molar-refractivity contribution in [2.24, 2.45) is 0 Å². The minimum atomic E-state index is -0.0619. The van der Waals surface area contributed by atoms with E-state index in [1.165, 1.54) is 22.5 Å². The molecule has 112 valence electrons. The van der Waals surface area contributed by atoms with Crippen molar-refractivity contribution in [3.05, 3.63) is 62.5 Å². The number of thiophene rings is 1. The molecule has 2 aromatic heterocycles. The molecule has 0 aliphatic rings. The van der Waals surface area contributed by atoms with Crippen LogP contribution in [-0.2, 0) is 6.54 Å². The van der Waals surface area contributed by atoms with Crippen LogP contribution in [0.25, 0.3) is 21.3 Å². The minimum Gasteiger partial charge on any atom is -0.323 e. The van der Waals surface area contributed by atoms with Crippen LogP contribution in [0.4, 0.5) is 0 Å². The summed E-state index contributed by atoms with van der Waals surface area (Å²) in [5, 5.41) is 2.71. The van der Waals surface area contributed by atoms with Gasteiger partial charge in [0.15, 0.2) is 4.77 Å². The second-order valence-corrected chi connectivity index (χ2v) is 6.55. The van der Waals surface area contributed by atoms with Crippen LogP contribution in [-0.4, -0.2) is 9.55 Å². The van der Waals surface area contributed by atoms with E-state index in [-0.39, 0.29) is 5.56 Å². The van der Waals surface area contributed by atoms with E-state index in [0.717, 1.165) is 16.0 Å². The number of hydrogen-bond donors (Lipinski definition) is 1. The summed E-state index contributed by atoms with van der Waals surface area (Å²) >= 11 is 6.78. The predicted molar refractivity (Wildman–Crippen MR) is 96.4 cm³/mol. The van der Waals surface area contributed by atoms with Gasteiger partial charge >= 0.3 is 0 Å². The molecule has 0 spiro atoms. The number of fused-ring (bicyclic) bond motifs is 1. The summed E-state index contributed by atoms with van der Waals surface area (Å²) in [5.41, 5.74) is 4.41. The van der Waals surface area contributed by atoms with Crippen LogP contribution in [0.5, 0.6) is 0 Å². The van der Waals surface area contributed by atoms with Gasteiger partial charge in [-0.25, -0.2) is 0 Å². The van der Waals surface area contributed by atoms with Crippen LogP contribution < -0.4 is 5.56 Å². The number of aromatic amines is 1. The average molecular weight is 328 g/mol. The van der Waals surface area contributed by atoms with Crippen LogP contribution in [0.2, 0.25) is 0 Å². The number of benzene rings is 1. The highest BCUT2D eigenvalue weighted by molar-refractivity contribution is 7.71. The molecule has 0 unspecified atom stereocenters. The number of allylic oxidation sites excluding steroid dienone is 1. The van der Waals surface area contributed by atoms with Gasteiger partial charge in [-0.2, -0.15) is 0 Å². The molecule has 0 amide bonds. The Balaban J connectivity index is 2.34. The van der Waals surface area contributed by atoms with Crippen molar-refractivity contribution < 1.29 is 0 Å². The second-order valence-electron chi connectivity index (χ2n) is 5.29. The molecule has 0 radical (unpaired) electrons. The molecule has 0 saturated carbocycles. The number of nitrogens with zero attached hydrogens (tertiary/aromatic N) is 1. The first kappa shape index (κ1) is 14.9. The van der Waals surface area contributed by atoms with Gasteiger partial charge in [0.2, 0.25) is 0 Å². The quantitative estimate of drug-likeness (QED) is 0.564. The number of H-pyrrole nitrogens is 1. The van der Waals surface area contributed by atoms with E-state index >= 15 is 0 Å². The van der Waals surface area contributed by atoms with Gasteiger partial charge in [-0.1, -0.05) is 24.3 Å². The molecular formula is C17H16N2OS2. The van der Waals surface area contributed by atoms with Gasteiger partial charge in [-0.05, 0) is 42.8 Å². The van der Waals surface area contributed by atoms with E-state index in [9.17, 15) is 4.79 Å². The first-order chi connectivity index (χ1) is 10.5. The molecule has 3 nitrogen and oxygen atoms in total. The monoisotopic (exact) mass is 328 g/mol. The van der Waals surface area contributed by atoms with Gasteiger partial charge in [0, 0.05) is 17.5 Å². The molecule has 0 saturated heterocycles. The fraction of sp³-hybridized carbons (Fsp3) is 0.176. The minimum absolute atomic E-state index is 0.0619. The number of aryl methyl sites for hydroxylation is 2. The van der Waals surface area contributed by atoms with Gasteiger partial charge in [0.1, 0.15) is 4.83 Å². The summed E-state index contributed by atoms with van der Waals surface area (Å²) < 4.78 is 1.98. The summed E-state index contributed by atoms with van der Waals surface area (Å²) in [6, 6.07) is 6.26. The molecule has 0 atom stereocenters. The highest BCUT2D eigenvalue weighted by Gasteiger charge is 2.13. The Morgan fingerprint density at radius 2 is 2.14 bits per heavy atom. The molecule has 5 heteroatoms. The van der Waals surface area contributed by atoms with Crippen molar-refractivity contribution in [2.45, 2.75) is 20.4 Å². The Morgan fingerprint density at radius 3 is 2.82 bits per heavy atom. The molecule has 0 aliphatic heterocycles. The number of rotatable bonds is 3. The Labute approximate surface area is 137 Å². The molecule has 0 fully saturated rings. The molecule has 0 bridgehead atoms. The molecule has 1 aromatic carbocycles. The lowest BCUT2D eigenvalue weighted by atomic mass is 10.0. The third-order valence-corrected chi connectivity index (χ3v) is 5.06. The lowest BCUT2D eigenvalue weighted by molar-refractivity contribution is 0.754. The van der Waals surface area contributed by atoms with E-state index in [4.69, 9.17) is 12.2 Å².